The molecule has 0 saturated carbocycles. The first-order valence-corrected chi connectivity index (χ1v) is 6.90. The molecule has 3 amide bonds. The van der Waals surface area contributed by atoms with E-state index in [4.69, 9.17) is 0 Å². The van der Waals surface area contributed by atoms with E-state index in [1.807, 2.05) is 0 Å². The number of rotatable bonds is 3. The molecule has 0 unspecified atom stereocenters. The van der Waals surface area contributed by atoms with E-state index >= 15 is 0 Å². The van der Waals surface area contributed by atoms with Crippen molar-refractivity contribution >= 4 is 29.1 Å². The second-order valence-corrected chi connectivity index (χ2v) is 5.19. The van der Waals surface area contributed by atoms with Gasteiger partial charge in [0.1, 0.15) is 0 Å². The van der Waals surface area contributed by atoms with Crippen LogP contribution in [-0.4, -0.2) is 34.6 Å². The zero-order valence-corrected chi connectivity index (χ0v) is 12.5. The van der Waals surface area contributed by atoms with Gasteiger partial charge >= 0.3 is 0 Å². The Labute approximate surface area is 135 Å². The number of hydrogen-bond donors (Lipinski definition) is 1. The average molecular weight is 325 g/mol. The molecule has 0 radical (unpaired) electrons. The monoisotopic (exact) mass is 325 g/mol. The van der Waals surface area contributed by atoms with Crippen molar-refractivity contribution in [2.45, 2.75) is 0 Å². The number of imide groups is 1. The molecular weight excluding hydrogens is 314 g/mol. The van der Waals surface area contributed by atoms with Gasteiger partial charge in [-0.2, -0.15) is 0 Å². The molecular formula is C16H11N3O5. The van der Waals surface area contributed by atoms with Crippen LogP contribution in [0.5, 0.6) is 0 Å². The van der Waals surface area contributed by atoms with Crippen molar-refractivity contribution in [3.63, 3.8) is 0 Å². The van der Waals surface area contributed by atoms with Gasteiger partial charge in [-0.15, -0.1) is 0 Å². The lowest BCUT2D eigenvalue weighted by molar-refractivity contribution is -0.384. The van der Waals surface area contributed by atoms with Gasteiger partial charge in [-0.3, -0.25) is 29.4 Å². The first kappa shape index (κ1) is 15.3. The maximum absolute atomic E-state index is 12.2. The van der Waals surface area contributed by atoms with E-state index in [1.165, 1.54) is 43.4 Å². The van der Waals surface area contributed by atoms with Gasteiger partial charge in [-0.25, -0.2) is 0 Å². The average Bonchev–Trinajstić information content (AvgIpc) is 2.79. The minimum absolute atomic E-state index is 0.115. The van der Waals surface area contributed by atoms with E-state index in [0.29, 0.717) is 5.69 Å². The molecule has 3 rings (SSSR count). The highest BCUT2D eigenvalue weighted by atomic mass is 16.6. The quantitative estimate of drug-likeness (QED) is 0.528. The van der Waals surface area contributed by atoms with Crippen molar-refractivity contribution in [1.29, 1.82) is 0 Å². The summed E-state index contributed by atoms with van der Waals surface area (Å²) in [7, 11) is 1.38. The number of nitro groups is 1. The third kappa shape index (κ3) is 2.50. The summed E-state index contributed by atoms with van der Waals surface area (Å²) >= 11 is 0. The number of amides is 3. The summed E-state index contributed by atoms with van der Waals surface area (Å²) in [6, 6.07) is 9.66. The van der Waals surface area contributed by atoms with Crippen LogP contribution < -0.4 is 5.32 Å². The Morgan fingerprint density at radius 2 is 1.79 bits per heavy atom. The molecule has 1 aliphatic rings. The van der Waals surface area contributed by atoms with Crippen LogP contribution >= 0.6 is 0 Å². The molecule has 0 saturated heterocycles. The number of hydrogen-bond acceptors (Lipinski definition) is 5. The van der Waals surface area contributed by atoms with Gasteiger partial charge in [-0.05, 0) is 24.3 Å². The SMILES string of the molecule is CN1C(=O)c2ccc(NC(=O)c3cccc([N+](=O)[O-])c3)cc2C1=O. The summed E-state index contributed by atoms with van der Waals surface area (Å²) in [5, 5.41) is 13.3. The van der Waals surface area contributed by atoms with Crippen molar-refractivity contribution < 1.29 is 19.3 Å². The smallest absolute Gasteiger partial charge is 0.270 e. The fourth-order valence-corrected chi connectivity index (χ4v) is 2.40. The molecule has 0 atom stereocenters. The number of benzene rings is 2. The lowest BCUT2D eigenvalue weighted by Crippen LogP contribution is -2.24. The van der Waals surface area contributed by atoms with E-state index < -0.39 is 22.6 Å². The van der Waals surface area contributed by atoms with Crippen LogP contribution in [-0.2, 0) is 0 Å². The molecule has 8 nitrogen and oxygen atoms in total. The van der Waals surface area contributed by atoms with Gasteiger partial charge in [0.05, 0.1) is 16.1 Å². The fourth-order valence-electron chi connectivity index (χ4n) is 2.40. The lowest BCUT2D eigenvalue weighted by atomic mass is 10.1. The molecule has 1 N–H and O–H groups in total. The van der Waals surface area contributed by atoms with E-state index in [2.05, 4.69) is 5.32 Å². The molecule has 24 heavy (non-hydrogen) atoms. The van der Waals surface area contributed by atoms with E-state index in [-0.39, 0.29) is 22.4 Å². The summed E-state index contributed by atoms with van der Waals surface area (Å²) in [5.74, 6) is -1.39. The maximum atomic E-state index is 12.2. The van der Waals surface area contributed by atoms with Crippen LogP contribution in [0.4, 0.5) is 11.4 Å². The fraction of sp³-hybridized carbons (Fsp3) is 0.0625. The predicted molar refractivity (Wildman–Crippen MR) is 83.9 cm³/mol. The minimum atomic E-state index is -0.591. The summed E-state index contributed by atoms with van der Waals surface area (Å²) in [6.45, 7) is 0. The Bertz CT molecular complexity index is 906. The molecule has 0 bridgehead atoms. The highest BCUT2D eigenvalue weighted by Crippen LogP contribution is 2.25. The Balaban J connectivity index is 1.86. The topological polar surface area (TPSA) is 110 Å². The second kappa shape index (κ2) is 5.58. The molecule has 0 spiro atoms. The molecule has 120 valence electrons. The number of carbonyl (C=O) groups excluding carboxylic acids is 3. The van der Waals surface area contributed by atoms with Crippen LogP contribution in [0.3, 0.4) is 0 Å². The highest BCUT2D eigenvalue weighted by molar-refractivity contribution is 6.21. The Morgan fingerprint density at radius 3 is 2.50 bits per heavy atom. The largest absolute Gasteiger partial charge is 0.322 e. The highest BCUT2D eigenvalue weighted by Gasteiger charge is 2.32. The first-order valence-electron chi connectivity index (χ1n) is 6.90. The molecule has 1 heterocycles. The van der Waals surface area contributed by atoms with Crippen molar-refractivity contribution in [3.8, 4) is 0 Å². The Kier molecular flexibility index (Phi) is 3.57. The molecule has 2 aromatic rings. The number of non-ortho nitro benzene ring substituents is 1. The van der Waals surface area contributed by atoms with Crippen LogP contribution in [0.15, 0.2) is 42.5 Å². The van der Waals surface area contributed by atoms with Gasteiger partial charge in [0.25, 0.3) is 23.4 Å². The third-order valence-corrected chi connectivity index (χ3v) is 3.67. The van der Waals surface area contributed by atoms with Gasteiger partial charge in [0, 0.05) is 30.4 Å². The van der Waals surface area contributed by atoms with Crippen molar-refractivity contribution in [1.82, 2.24) is 4.90 Å². The molecule has 0 aromatic heterocycles. The number of nitrogens with one attached hydrogen (secondary N) is 1. The Morgan fingerprint density at radius 1 is 1.08 bits per heavy atom. The third-order valence-electron chi connectivity index (χ3n) is 3.67. The van der Waals surface area contributed by atoms with Crippen molar-refractivity contribution in [2.24, 2.45) is 0 Å². The normalized spacial score (nSPS) is 13.0. The Hall–Kier alpha value is -3.55. The summed E-state index contributed by atoms with van der Waals surface area (Å²) < 4.78 is 0. The number of nitro benzene ring substituents is 1. The predicted octanol–water partition coefficient (Wildman–Crippen LogP) is 2.07. The zero-order chi connectivity index (χ0) is 17.4. The summed E-state index contributed by atoms with van der Waals surface area (Å²) in [4.78, 5) is 47.1. The van der Waals surface area contributed by atoms with Gasteiger partial charge < -0.3 is 5.32 Å². The first-order chi connectivity index (χ1) is 11.4. The number of fused-ring (bicyclic) bond motifs is 1. The molecule has 0 fully saturated rings. The van der Waals surface area contributed by atoms with E-state index in [9.17, 15) is 24.5 Å². The standard InChI is InChI=1S/C16H11N3O5/c1-18-15(21)12-6-5-10(8-13(12)16(18)22)17-14(20)9-3-2-4-11(7-9)19(23)24/h2-8H,1H3,(H,17,20). The van der Waals surface area contributed by atoms with E-state index in [0.717, 1.165) is 11.0 Å². The van der Waals surface area contributed by atoms with Gasteiger partial charge in [0.15, 0.2) is 0 Å². The molecule has 2 aromatic carbocycles. The maximum Gasteiger partial charge on any atom is 0.270 e. The van der Waals surface area contributed by atoms with Gasteiger partial charge in [0.2, 0.25) is 0 Å². The lowest BCUT2D eigenvalue weighted by Gasteiger charge is -2.06. The van der Waals surface area contributed by atoms with E-state index in [1.54, 1.807) is 0 Å². The number of carbonyl (C=O) groups is 3. The van der Waals surface area contributed by atoms with Crippen molar-refractivity contribution in [2.75, 3.05) is 12.4 Å². The zero-order valence-electron chi connectivity index (χ0n) is 12.5. The molecule has 8 heteroatoms. The summed E-state index contributed by atoms with van der Waals surface area (Å²) in [5.41, 5.74) is 0.722. The summed E-state index contributed by atoms with van der Waals surface area (Å²) in [6.07, 6.45) is 0. The molecule has 1 aliphatic heterocycles. The molecule has 0 aliphatic carbocycles. The van der Waals surface area contributed by atoms with Gasteiger partial charge in [-0.1, -0.05) is 6.07 Å². The second-order valence-electron chi connectivity index (χ2n) is 5.19. The minimum Gasteiger partial charge on any atom is -0.322 e. The van der Waals surface area contributed by atoms with Crippen LogP contribution in [0.2, 0.25) is 0 Å². The van der Waals surface area contributed by atoms with Crippen molar-refractivity contribution in [3.05, 3.63) is 69.3 Å². The van der Waals surface area contributed by atoms with Crippen LogP contribution in [0.25, 0.3) is 0 Å². The van der Waals surface area contributed by atoms with Crippen LogP contribution in [0.1, 0.15) is 31.1 Å². The number of nitrogens with zero attached hydrogens (tertiary/aromatic N) is 2. The van der Waals surface area contributed by atoms with Crippen LogP contribution in [0, 0.1) is 10.1 Å². The number of anilines is 1.